The monoisotopic (exact) mass is 229 g/mol. The van der Waals surface area contributed by atoms with Gasteiger partial charge in [-0.05, 0) is 38.4 Å². The van der Waals surface area contributed by atoms with Crippen LogP contribution in [0, 0.1) is 5.92 Å². The van der Waals surface area contributed by atoms with E-state index in [1.165, 1.54) is 19.5 Å². The molecule has 16 heavy (non-hydrogen) atoms. The molecule has 0 aromatic rings. The summed E-state index contributed by atoms with van der Waals surface area (Å²) in [6, 6.07) is 0. The van der Waals surface area contributed by atoms with Crippen LogP contribution in [0.2, 0.25) is 0 Å². The first kappa shape index (κ1) is 13.9. The quantitative estimate of drug-likeness (QED) is 0.672. The van der Waals surface area contributed by atoms with E-state index < -0.39 is 0 Å². The molecule has 0 aromatic carbocycles. The molecule has 96 valence electrons. The van der Waals surface area contributed by atoms with E-state index in [9.17, 15) is 0 Å². The third-order valence-corrected chi connectivity index (χ3v) is 3.29. The second-order valence-electron chi connectivity index (χ2n) is 4.91. The summed E-state index contributed by atoms with van der Waals surface area (Å²) in [6.45, 7) is 10.1. The van der Waals surface area contributed by atoms with Crippen molar-refractivity contribution in [3.05, 3.63) is 0 Å². The lowest BCUT2D eigenvalue weighted by molar-refractivity contribution is 0.215. The van der Waals surface area contributed by atoms with E-state index in [0.717, 1.165) is 39.1 Å². The van der Waals surface area contributed by atoms with Gasteiger partial charge in [0.15, 0.2) is 0 Å². The highest BCUT2D eigenvalue weighted by Crippen LogP contribution is 2.06. The minimum absolute atomic E-state index is 0.310. The van der Waals surface area contributed by atoms with Gasteiger partial charge in [-0.3, -0.25) is 0 Å². The van der Waals surface area contributed by atoms with Crippen LogP contribution in [-0.2, 0) is 0 Å². The van der Waals surface area contributed by atoms with E-state index in [2.05, 4.69) is 16.7 Å². The third-order valence-electron chi connectivity index (χ3n) is 3.29. The van der Waals surface area contributed by atoms with Crippen molar-refractivity contribution in [1.82, 2.24) is 9.80 Å². The number of hydrogen-bond donors (Lipinski definition) is 2. The fourth-order valence-electron chi connectivity index (χ4n) is 2.24. The van der Waals surface area contributed by atoms with Gasteiger partial charge in [0.2, 0.25) is 0 Å². The van der Waals surface area contributed by atoms with Crippen molar-refractivity contribution in [3.8, 4) is 0 Å². The van der Waals surface area contributed by atoms with Crippen molar-refractivity contribution in [2.45, 2.75) is 19.8 Å². The SMILES string of the molecule is CC(CN)CN1CCCN(CCCO)CC1. The van der Waals surface area contributed by atoms with Gasteiger partial charge < -0.3 is 20.6 Å². The Morgan fingerprint density at radius 1 is 1.19 bits per heavy atom. The van der Waals surface area contributed by atoms with Gasteiger partial charge in [0.1, 0.15) is 0 Å². The molecule has 1 aliphatic heterocycles. The number of nitrogens with two attached hydrogens (primary N) is 1. The first-order chi connectivity index (χ1) is 7.76. The minimum atomic E-state index is 0.310. The van der Waals surface area contributed by atoms with E-state index in [1.54, 1.807) is 0 Å². The Hall–Kier alpha value is -0.160. The van der Waals surface area contributed by atoms with Crippen LogP contribution in [0.4, 0.5) is 0 Å². The van der Waals surface area contributed by atoms with E-state index in [4.69, 9.17) is 10.8 Å². The fraction of sp³-hybridized carbons (Fsp3) is 1.00. The summed E-state index contributed by atoms with van der Waals surface area (Å²) in [4.78, 5) is 4.99. The highest BCUT2D eigenvalue weighted by atomic mass is 16.3. The maximum absolute atomic E-state index is 8.82. The van der Waals surface area contributed by atoms with Gasteiger partial charge in [0.05, 0.1) is 0 Å². The van der Waals surface area contributed by atoms with Crippen molar-refractivity contribution in [2.24, 2.45) is 11.7 Å². The van der Waals surface area contributed by atoms with E-state index in [0.29, 0.717) is 12.5 Å². The highest BCUT2D eigenvalue weighted by molar-refractivity contribution is 4.71. The molecular formula is C12H27N3O. The molecule has 0 radical (unpaired) electrons. The second-order valence-corrected chi connectivity index (χ2v) is 4.91. The molecule has 4 heteroatoms. The van der Waals surface area contributed by atoms with Gasteiger partial charge in [0, 0.05) is 32.8 Å². The third kappa shape index (κ3) is 5.25. The lowest BCUT2D eigenvalue weighted by Crippen LogP contribution is -2.35. The molecule has 1 rings (SSSR count). The summed E-state index contributed by atoms with van der Waals surface area (Å²) >= 11 is 0. The average Bonchev–Trinajstić information content (AvgIpc) is 2.52. The van der Waals surface area contributed by atoms with Crippen LogP contribution in [0.1, 0.15) is 19.8 Å². The largest absolute Gasteiger partial charge is 0.396 e. The summed E-state index contributed by atoms with van der Waals surface area (Å²) in [5, 5.41) is 8.82. The number of hydrogen-bond acceptors (Lipinski definition) is 4. The van der Waals surface area contributed by atoms with Crippen LogP contribution in [0.5, 0.6) is 0 Å². The van der Waals surface area contributed by atoms with Crippen LogP contribution in [0.15, 0.2) is 0 Å². The molecule has 0 amide bonds. The molecule has 1 aliphatic rings. The van der Waals surface area contributed by atoms with Gasteiger partial charge in [0.25, 0.3) is 0 Å². The summed E-state index contributed by atoms with van der Waals surface area (Å²) in [7, 11) is 0. The van der Waals surface area contributed by atoms with Crippen molar-refractivity contribution < 1.29 is 5.11 Å². The Labute approximate surface area is 99.4 Å². The molecule has 0 saturated carbocycles. The molecule has 0 aliphatic carbocycles. The van der Waals surface area contributed by atoms with Gasteiger partial charge in [-0.15, -0.1) is 0 Å². The molecule has 0 aromatic heterocycles. The number of rotatable bonds is 6. The molecule has 0 bridgehead atoms. The lowest BCUT2D eigenvalue weighted by Gasteiger charge is -2.23. The Morgan fingerprint density at radius 2 is 1.88 bits per heavy atom. The number of aliphatic hydroxyl groups is 1. The molecule has 1 heterocycles. The summed E-state index contributed by atoms with van der Waals surface area (Å²) in [5.41, 5.74) is 5.66. The normalized spacial score (nSPS) is 21.9. The Morgan fingerprint density at radius 3 is 2.56 bits per heavy atom. The minimum Gasteiger partial charge on any atom is -0.396 e. The molecule has 1 unspecified atom stereocenters. The molecule has 4 nitrogen and oxygen atoms in total. The second kappa shape index (κ2) is 8.01. The maximum Gasteiger partial charge on any atom is 0.0443 e. The van der Waals surface area contributed by atoms with E-state index in [-0.39, 0.29) is 0 Å². The average molecular weight is 229 g/mol. The predicted molar refractivity (Wildman–Crippen MR) is 67.4 cm³/mol. The van der Waals surface area contributed by atoms with Gasteiger partial charge in [-0.25, -0.2) is 0 Å². The van der Waals surface area contributed by atoms with Crippen LogP contribution in [-0.4, -0.2) is 67.3 Å². The molecule has 3 N–H and O–H groups in total. The zero-order valence-electron chi connectivity index (χ0n) is 10.6. The van der Waals surface area contributed by atoms with E-state index >= 15 is 0 Å². The Balaban J connectivity index is 2.23. The van der Waals surface area contributed by atoms with Gasteiger partial charge in [-0.2, -0.15) is 0 Å². The van der Waals surface area contributed by atoms with Crippen LogP contribution in [0.25, 0.3) is 0 Å². The molecule has 1 fully saturated rings. The lowest BCUT2D eigenvalue weighted by atomic mass is 10.1. The fourth-order valence-corrected chi connectivity index (χ4v) is 2.24. The standard InChI is InChI=1S/C12H27N3O/c1-12(10-13)11-15-5-2-4-14(7-8-15)6-3-9-16/h12,16H,2-11,13H2,1H3. The van der Waals surface area contributed by atoms with Crippen molar-refractivity contribution >= 4 is 0 Å². The van der Waals surface area contributed by atoms with E-state index in [1.807, 2.05) is 0 Å². The zero-order chi connectivity index (χ0) is 11.8. The molecule has 1 atom stereocenters. The van der Waals surface area contributed by atoms with Crippen LogP contribution >= 0.6 is 0 Å². The first-order valence-corrected chi connectivity index (χ1v) is 6.52. The summed E-state index contributed by atoms with van der Waals surface area (Å²) < 4.78 is 0. The predicted octanol–water partition coefficient (Wildman–Crippen LogP) is -0.0287. The first-order valence-electron chi connectivity index (χ1n) is 6.52. The number of aliphatic hydroxyl groups excluding tert-OH is 1. The highest BCUT2D eigenvalue weighted by Gasteiger charge is 2.15. The molecule has 0 spiro atoms. The molecular weight excluding hydrogens is 202 g/mol. The zero-order valence-corrected chi connectivity index (χ0v) is 10.6. The summed E-state index contributed by atoms with van der Waals surface area (Å²) in [5.74, 6) is 0.601. The maximum atomic E-state index is 8.82. The van der Waals surface area contributed by atoms with Crippen LogP contribution in [0.3, 0.4) is 0 Å². The van der Waals surface area contributed by atoms with Crippen molar-refractivity contribution in [1.29, 1.82) is 0 Å². The summed E-state index contributed by atoms with van der Waals surface area (Å²) in [6.07, 6.45) is 2.14. The topological polar surface area (TPSA) is 52.7 Å². The van der Waals surface area contributed by atoms with Gasteiger partial charge in [-0.1, -0.05) is 6.92 Å². The van der Waals surface area contributed by atoms with Crippen molar-refractivity contribution in [2.75, 3.05) is 52.4 Å². The Bertz CT molecular complexity index is 178. The Kier molecular flexibility index (Phi) is 6.96. The smallest absolute Gasteiger partial charge is 0.0443 e. The number of nitrogens with zero attached hydrogens (tertiary/aromatic N) is 2. The van der Waals surface area contributed by atoms with Crippen molar-refractivity contribution in [3.63, 3.8) is 0 Å². The molecule has 1 saturated heterocycles. The van der Waals surface area contributed by atoms with Gasteiger partial charge >= 0.3 is 0 Å². The van der Waals surface area contributed by atoms with Crippen LogP contribution < -0.4 is 5.73 Å².